The van der Waals surface area contributed by atoms with Gasteiger partial charge in [0, 0.05) is 17.7 Å². The van der Waals surface area contributed by atoms with Crippen LogP contribution in [0.2, 0.25) is 0 Å². The van der Waals surface area contributed by atoms with Gasteiger partial charge in [-0.25, -0.2) is 0 Å². The maximum atomic E-state index is 11.1. The smallest absolute Gasteiger partial charge is 0.308 e. The zero-order chi connectivity index (χ0) is 12.4. The molecule has 0 bridgehead atoms. The molecule has 0 aromatic heterocycles. The third-order valence-electron chi connectivity index (χ3n) is 2.61. The summed E-state index contributed by atoms with van der Waals surface area (Å²) in [6.07, 6.45) is 0. The molecule has 0 aliphatic rings. The Morgan fingerprint density at radius 1 is 1.18 bits per heavy atom. The van der Waals surface area contributed by atoms with Crippen LogP contribution in [0.3, 0.4) is 0 Å². The van der Waals surface area contributed by atoms with Crippen LogP contribution in [0.1, 0.15) is 12.5 Å². The van der Waals surface area contributed by atoms with Gasteiger partial charge >= 0.3 is 5.97 Å². The van der Waals surface area contributed by atoms with E-state index in [-0.39, 0.29) is 5.97 Å². The summed E-state index contributed by atoms with van der Waals surface area (Å²) in [6, 6.07) is 9.58. The quantitative estimate of drug-likeness (QED) is 0.587. The van der Waals surface area contributed by atoms with Crippen LogP contribution in [0.15, 0.2) is 30.3 Å². The molecule has 0 saturated carbocycles. The van der Waals surface area contributed by atoms with Crippen molar-refractivity contribution in [1.29, 1.82) is 0 Å². The van der Waals surface area contributed by atoms with Crippen molar-refractivity contribution in [2.75, 3.05) is 7.11 Å². The Hall–Kier alpha value is -2.03. The Kier molecular flexibility index (Phi) is 3.00. The van der Waals surface area contributed by atoms with E-state index in [4.69, 9.17) is 9.47 Å². The summed E-state index contributed by atoms with van der Waals surface area (Å²) in [5.41, 5.74) is 0.885. The first kappa shape index (κ1) is 11.5. The fraction of sp³-hybridized carbons (Fsp3) is 0.214. The standard InChI is InChI=1S/C14H14O3/c1-9-8-13(16-3)11-6-4-5-7-12(11)14(9)17-10(2)15/h4-8H,1-3H3. The number of hydrogen-bond donors (Lipinski definition) is 0. The number of hydrogen-bond acceptors (Lipinski definition) is 3. The molecular formula is C14H14O3. The highest BCUT2D eigenvalue weighted by atomic mass is 16.5. The molecule has 2 aromatic carbocycles. The van der Waals surface area contributed by atoms with E-state index in [2.05, 4.69) is 0 Å². The highest BCUT2D eigenvalue weighted by Gasteiger charge is 2.12. The molecular weight excluding hydrogens is 216 g/mol. The Balaban J connectivity index is 2.75. The average molecular weight is 230 g/mol. The van der Waals surface area contributed by atoms with E-state index in [0.29, 0.717) is 5.75 Å². The molecule has 0 atom stereocenters. The number of fused-ring (bicyclic) bond motifs is 1. The number of rotatable bonds is 2. The Bertz CT molecular complexity index is 573. The first-order valence-corrected chi connectivity index (χ1v) is 5.38. The SMILES string of the molecule is COc1cc(C)c(OC(C)=O)c2ccccc12. The highest BCUT2D eigenvalue weighted by Crippen LogP contribution is 2.36. The van der Waals surface area contributed by atoms with Gasteiger partial charge in [-0.15, -0.1) is 0 Å². The molecule has 2 rings (SSSR count). The lowest BCUT2D eigenvalue weighted by atomic mass is 10.0. The minimum Gasteiger partial charge on any atom is -0.496 e. The monoisotopic (exact) mass is 230 g/mol. The number of esters is 1. The van der Waals surface area contributed by atoms with E-state index in [0.717, 1.165) is 22.1 Å². The molecule has 0 fully saturated rings. The van der Waals surface area contributed by atoms with Gasteiger partial charge in [0.2, 0.25) is 0 Å². The topological polar surface area (TPSA) is 35.5 Å². The largest absolute Gasteiger partial charge is 0.496 e. The molecule has 0 spiro atoms. The van der Waals surface area contributed by atoms with Crippen molar-refractivity contribution in [3.05, 3.63) is 35.9 Å². The lowest BCUT2D eigenvalue weighted by Gasteiger charge is -2.12. The zero-order valence-corrected chi connectivity index (χ0v) is 10.1. The molecule has 0 amide bonds. The molecule has 0 N–H and O–H groups in total. The Morgan fingerprint density at radius 3 is 2.41 bits per heavy atom. The van der Waals surface area contributed by atoms with Crippen molar-refractivity contribution in [3.8, 4) is 11.5 Å². The van der Waals surface area contributed by atoms with Gasteiger partial charge in [-0.2, -0.15) is 0 Å². The summed E-state index contributed by atoms with van der Waals surface area (Å²) in [6.45, 7) is 3.30. The summed E-state index contributed by atoms with van der Waals surface area (Å²) in [7, 11) is 1.63. The van der Waals surface area contributed by atoms with Crippen LogP contribution in [0.4, 0.5) is 0 Å². The van der Waals surface area contributed by atoms with Crippen LogP contribution in [0.25, 0.3) is 10.8 Å². The van der Waals surface area contributed by atoms with Gasteiger partial charge in [0.1, 0.15) is 11.5 Å². The maximum absolute atomic E-state index is 11.1. The van der Waals surface area contributed by atoms with E-state index >= 15 is 0 Å². The van der Waals surface area contributed by atoms with E-state index in [1.165, 1.54) is 6.92 Å². The highest BCUT2D eigenvalue weighted by molar-refractivity contribution is 5.95. The van der Waals surface area contributed by atoms with E-state index in [9.17, 15) is 4.79 Å². The van der Waals surface area contributed by atoms with Crippen molar-refractivity contribution in [1.82, 2.24) is 0 Å². The minimum atomic E-state index is -0.316. The Morgan fingerprint density at radius 2 is 1.82 bits per heavy atom. The summed E-state index contributed by atoms with van der Waals surface area (Å²) >= 11 is 0. The van der Waals surface area contributed by atoms with Crippen LogP contribution < -0.4 is 9.47 Å². The third-order valence-corrected chi connectivity index (χ3v) is 2.61. The van der Waals surface area contributed by atoms with Gasteiger partial charge in [0.15, 0.2) is 0 Å². The summed E-state index contributed by atoms with van der Waals surface area (Å²) in [5, 5.41) is 1.83. The molecule has 88 valence electrons. The lowest BCUT2D eigenvalue weighted by molar-refractivity contribution is -0.131. The van der Waals surface area contributed by atoms with Gasteiger partial charge in [-0.05, 0) is 18.6 Å². The average Bonchev–Trinajstić information content (AvgIpc) is 2.32. The van der Waals surface area contributed by atoms with Crippen molar-refractivity contribution < 1.29 is 14.3 Å². The molecule has 17 heavy (non-hydrogen) atoms. The van der Waals surface area contributed by atoms with E-state index < -0.39 is 0 Å². The van der Waals surface area contributed by atoms with Crippen molar-refractivity contribution in [2.45, 2.75) is 13.8 Å². The van der Waals surface area contributed by atoms with Crippen LogP contribution in [-0.4, -0.2) is 13.1 Å². The number of benzene rings is 2. The van der Waals surface area contributed by atoms with E-state index in [1.807, 2.05) is 37.3 Å². The Labute approximate surface area is 100.0 Å². The molecule has 2 aromatic rings. The fourth-order valence-electron chi connectivity index (χ4n) is 1.90. The van der Waals surface area contributed by atoms with Gasteiger partial charge in [-0.1, -0.05) is 24.3 Å². The maximum Gasteiger partial charge on any atom is 0.308 e. The van der Waals surface area contributed by atoms with Crippen molar-refractivity contribution in [2.24, 2.45) is 0 Å². The third kappa shape index (κ3) is 2.09. The minimum absolute atomic E-state index is 0.316. The summed E-state index contributed by atoms with van der Waals surface area (Å²) in [5.74, 6) is 1.08. The van der Waals surface area contributed by atoms with Gasteiger partial charge in [-0.3, -0.25) is 4.79 Å². The second kappa shape index (κ2) is 4.45. The molecule has 0 aliphatic carbocycles. The van der Waals surface area contributed by atoms with Gasteiger partial charge < -0.3 is 9.47 Å². The predicted molar refractivity (Wildman–Crippen MR) is 66.5 cm³/mol. The number of carbonyl (C=O) groups is 1. The fourth-order valence-corrected chi connectivity index (χ4v) is 1.90. The molecule has 3 heteroatoms. The first-order valence-electron chi connectivity index (χ1n) is 5.38. The second-order valence-corrected chi connectivity index (χ2v) is 3.86. The zero-order valence-electron chi connectivity index (χ0n) is 10.1. The lowest BCUT2D eigenvalue weighted by Crippen LogP contribution is -2.03. The van der Waals surface area contributed by atoms with Crippen LogP contribution in [0.5, 0.6) is 11.5 Å². The number of ether oxygens (including phenoxy) is 2. The predicted octanol–water partition coefficient (Wildman–Crippen LogP) is 3.08. The van der Waals surface area contributed by atoms with E-state index in [1.54, 1.807) is 7.11 Å². The molecule has 0 unspecified atom stereocenters. The molecule has 0 aliphatic heterocycles. The number of carbonyl (C=O) groups excluding carboxylic acids is 1. The van der Waals surface area contributed by atoms with Crippen LogP contribution >= 0.6 is 0 Å². The summed E-state index contributed by atoms with van der Waals surface area (Å²) in [4.78, 5) is 11.1. The van der Waals surface area contributed by atoms with Crippen molar-refractivity contribution in [3.63, 3.8) is 0 Å². The number of methoxy groups -OCH3 is 1. The number of aryl methyl sites for hydroxylation is 1. The first-order chi connectivity index (χ1) is 8.13. The molecule has 0 radical (unpaired) electrons. The summed E-state index contributed by atoms with van der Waals surface area (Å²) < 4.78 is 10.6. The normalized spacial score (nSPS) is 10.3. The molecule has 0 saturated heterocycles. The van der Waals surface area contributed by atoms with Crippen molar-refractivity contribution >= 4 is 16.7 Å². The van der Waals surface area contributed by atoms with Gasteiger partial charge in [0.05, 0.1) is 7.11 Å². The molecule has 3 nitrogen and oxygen atoms in total. The second-order valence-electron chi connectivity index (χ2n) is 3.86. The molecule has 0 heterocycles. The van der Waals surface area contributed by atoms with Crippen LogP contribution in [-0.2, 0) is 4.79 Å². The van der Waals surface area contributed by atoms with Gasteiger partial charge in [0.25, 0.3) is 0 Å². The van der Waals surface area contributed by atoms with Crippen LogP contribution in [0, 0.1) is 6.92 Å².